The van der Waals surface area contributed by atoms with E-state index >= 15 is 0 Å². The van der Waals surface area contributed by atoms with Crippen LogP contribution in [0.25, 0.3) is 16.7 Å². The molecule has 0 saturated carbocycles. The second kappa shape index (κ2) is 8.58. The second-order valence-electron chi connectivity index (χ2n) is 6.22. The van der Waals surface area contributed by atoms with Crippen LogP contribution in [0.15, 0.2) is 61.2 Å². The van der Waals surface area contributed by atoms with Crippen LogP contribution in [0.3, 0.4) is 0 Å². The Bertz CT molecular complexity index is 711. The Balaban J connectivity index is 0.000000647. The van der Waals surface area contributed by atoms with Crippen LogP contribution in [-0.4, -0.2) is 0 Å². The van der Waals surface area contributed by atoms with Gasteiger partial charge < -0.3 is 0 Å². The largest absolute Gasteiger partial charge is 0.204 e. The van der Waals surface area contributed by atoms with Gasteiger partial charge in [0, 0.05) is 0 Å². The molecule has 24 heavy (non-hydrogen) atoms. The van der Waals surface area contributed by atoms with E-state index in [1.807, 2.05) is 19.1 Å². The SMILES string of the molecule is C=CC.CC1CC=C(c2ccc(-c3ccc(F)c(F)c3)cc2)CC1. The molecule has 1 atom stereocenters. The van der Waals surface area contributed by atoms with Crippen molar-refractivity contribution in [1.29, 1.82) is 0 Å². The molecule has 0 fully saturated rings. The molecule has 1 aliphatic rings. The summed E-state index contributed by atoms with van der Waals surface area (Å²) in [4.78, 5) is 0. The molecule has 0 saturated heterocycles. The highest BCUT2D eigenvalue weighted by Gasteiger charge is 2.11. The number of halogens is 2. The van der Waals surface area contributed by atoms with Gasteiger partial charge in [-0.3, -0.25) is 0 Å². The average Bonchev–Trinajstić information content (AvgIpc) is 2.59. The molecule has 0 heterocycles. The molecule has 3 rings (SSSR count). The third kappa shape index (κ3) is 4.64. The highest BCUT2D eigenvalue weighted by molar-refractivity contribution is 5.70. The monoisotopic (exact) mass is 326 g/mol. The first kappa shape index (κ1) is 18.1. The van der Waals surface area contributed by atoms with E-state index in [1.165, 1.54) is 29.7 Å². The Morgan fingerprint density at radius 3 is 2.08 bits per heavy atom. The molecule has 0 amide bonds. The number of allylic oxidation sites excluding steroid dienone is 3. The quantitative estimate of drug-likeness (QED) is 0.520. The second-order valence-corrected chi connectivity index (χ2v) is 6.22. The van der Waals surface area contributed by atoms with Crippen molar-refractivity contribution in [2.45, 2.75) is 33.1 Å². The van der Waals surface area contributed by atoms with Gasteiger partial charge in [0.25, 0.3) is 0 Å². The Kier molecular flexibility index (Phi) is 6.48. The van der Waals surface area contributed by atoms with Crippen molar-refractivity contribution in [1.82, 2.24) is 0 Å². The Labute approximate surface area is 143 Å². The smallest absolute Gasteiger partial charge is 0.159 e. The lowest BCUT2D eigenvalue weighted by atomic mass is 9.87. The molecule has 0 aliphatic heterocycles. The van der Waals surface area contributed by atoms with Crippen molar-refractivity contribution >= 4 is 5.57 Å². The first-order chi connectivity index (χ1) is 11.5. The van der Waals surface area contributed by atoms with E-state index in [2.05, 4.69) is 31.7 Å². The predicted octanol–water partition coefficient (Wildman–Crippen LogP) is 7.03. The number of benzene rings is 2. The van der Waals surface area contributed by atoms with E-state index in [-0.39, 0.29) is 0 Å². The normalized spacial score (nSPS) is 16.7. The summed E-state index contributed by atoms with van der Waals surface area (Å²) in [5.41, 5.74) is 4.23. The summed E-state index contributed by atoms with van der Waals surface area (Å²) >= 11 is 0. The van der Waals surface area contributed by atoms with Crippen molar-refractivity contribution in [2.75, 3.05) is 0 Å². The fraction of sp³-hybridized carbons (Fsp3) is 0.273. The zero-order valence-electron chi connectivity index (χ0n) is 14.4. The van der Waals surface area contributed by atoms with Gasteiger partial charge in [-0.05, 0) is 66.5 Å². The maximum absolute atomic E-state index is 13.3. The standard InChI is InChI=1S/C19H18F2.C3H6/c1-13-2-4-14(5-3-13)15-6-8-16(9-7-15)17-10-11-18(20)19(21)12-17;1-3-2/h4,6-13H,2-3,5H2,1H3;3H,1H2,2H3. The summed E-state index contributed by atoms with van der Waals surface area (Å²) in [6.07, 6.45) is 7.56. The van der Waals surface area contributed by atoms with Crippen molar-refractivity contribution in [3.05, 3.63) is 78.4 Å². The van der Waals surface area contributed by atoms with Gasteiger partial charge in [0.05, 0.1) is 0 Å². The average molecular weight is 326 g/mol. The van der Waals surface area contributed by atoms with Crippen LogP contribution in [0.4, 0.5) is 8.78 Å². The molecule has 2 aromatic carbocycles. The van der Waals surface area contributed by atoms with Crippen LogP contribution in [-0.2, 0) is 0 Å². The molecule has 0 spiro atoms. The predicted molar refractivity (Wildman–Crippen MR) is 98.7 cm³/mol. The fourth-order valence-electron chi connectivity index (χ4n) is 2.78. The topological polar surface area (TPSA) is 0 Å². The molecule has 126 valence electrons. The van der Waals surface area contributed by atoms with Gasteiger partial charge in [-0.15, -0.1) is 6.58 Å². The number of hydrogen-bond acceptors (Lipinski definition) is 0. The molecule has 1 aliphatic carbocycles. The van der Waals surface area contributed by atoms with E-state index in [0.29, 0.717) is 5.56 Å². The maximum atomic E-state index is 13.3. The van der Waals surface area contributed by atoms with Crippen LogP contribution in [0.2, 0.25) is 0 Å². The molecule has 0 bridgehead atoms. The van der Waals surface area contributed by atoms with E-state index in [0.717, 1.165) is 24.3 Å². The number of rotatable bonds is 2. The highest BCUT2D eigenvalue weighted by Crippen LogP contribution is 2.31. The molecule has 0 N–H and O–H groups in total. The van der Waals surface area contributed by atoms with Gasteiger partial charge in [0.1, 0.15) is 0 Å². The van der Waals surface area contributed by atoms with E-state index in [4.69, 9.17) is 0 Å². The Hall–Kier alpha value is -2.22. The maximum Gasteiger partial charge on any atom is 0.159 e. The Morgan fingerprint density at radius 2 is 1.54 bits per heavy atom. The van der Waals surface area contributed by atoms with Crippen molar-refractivity contribution in [2.24, 2.45) is 5.92 Å². The third-order valence-electron chi connectivity index (χ3n) is 4.18. The van der Waals surface area contributed by atoms with E-state index in [1.54, 1.807) is 12.1 Å². The molecule has 0 aromatic heterocycles. The zero-order chi connectivity index (χ0) is 17.5. The van der Waals surface area contributed by atoms with Gasteiger partial charge in [0.2, 0.25) is 0 Å². The first-order valence-corrected chi connectivity index (χ1v) is 8.37. The van der Waals surface area contributed by atoms with E-state index in [9.17, 15) is 8.78 Å². The molecule has 0 radical (unpaired) electrons. The zero-order valence-corrected chi connectivity index (χ0v) is 14.4. The minimum Gasteiger partial charge on any atom is -0.204 e. The molecule has 2 aromatic rings. The van der Waals surface area contributed by atoms with Crippen LogP contribution in [0.5, 0.6) is 0 Å². The van der Waals surface area contributed by atoms with Crippen LogP contribution < -0.4 is 0 Å². The summed E-state index contributed by atoms with van der Waals surface area (Å²) in [6.45, 7) is 7.53. The summed E-state index contributed by atoms with van der Waals surface area (Å²) in [5, 5.41) is 0. The van der Waals surface area contributed by atoms with Gasteiger partial charge in [0.15, 0.2) is 11.6 Å². The number of hydrogen-bond donors (Lipinski definition) is 0. The fourth-order valence-corrected chi connectivity index (χ4v) is 2.78. The lowest BCUT2D eigenvalue weighted by Crippen LogP contribution is -2.00. The molecular weight excluding hydrogens is 302 g/mol. The van der Waals surface area contributed by atoms with E-state index < -0.39 is 11.6 Å². The third-order valence-corrected chi connectivity index (χ3v) is 4.18. The minimum atomic E-state index is -0.808. The lowest BCUT2D eigenvalue weighted by molar-refractivity contribution is 0.509. The summed E-state index contributed by atoms with van der Waals surface area (Å²) in [6, 6.07) is 12.1. The molecule has 2 heteroatoms. The van der Waals surface area contributed by atoms with Crippen molar-refractivity contribution in [3.8, 4) is 11.1 Å². The van der Waals surface area contributed by atoms with Crippen molar-refractivity contribution in [3.63, 3.8) is 0 Å². The van der Waals surface area contributed by atoms with Crippen LogP contribution in [0.1, 0.15) is 38.7 Å². The highest BCUT2D eigenvalue weighted by atomic mass is 19.2. The van der Waals surface area contributed by atoms with Crippen LogP contribution >= 0.6 is 0 Å². The summed E-state index contributed by atoms with van der Waals surface area (Å²) in [7, 11) is 0. The van der Waals surface area contributed by atoms with Gasteiger partial charge in [-0.25, -0.2) is 8.78 Å². The summed E-state index contributed by atoms with van der Waals surface area (Å²) in [5.74, 6) is -0.840. The molecule has 0 nitrogen and oxygen atoms in total. The van der Waals surface area contributed by atoms with Gasteiger partial charge >= 0.3 is 0 Å². The van der Waals surface area contributed by atoms with Crippen LogP contribution in [0, 0.1) is 17.6 Å². The lowest BCUT2D eigenvalue weighted by Gasteiger charge is -2.18. The summed E-state index contributed by atoms with van der Waals surface area (Å²) < 4.78 is 26.3. The van der Waals surface area contributed by atoms with Gasteiger partial charge in [-0.2, -0.15) is 0 Å². The first-order valence-electron chi connectivity index (χ1n) is 8.37. The molecule has 1 unspecified atom stereocenters. The van der Waals surface area contributed by atoms with Crippen molar-refractivity contribution < 1.29 is 8.78 Å². The minimum absolute atomic E-state index is 0.701. The Morgan fingerprint density at radius 1 is 0.958 bits per heavy atom. The van der Waals surface area contributed by atoms with Gasteiger partial charge in [-0.1, -0.05) is 49.4 Å². The molecular formula is C22H24F2.